The number of rotatable bonds is 12. The van der Waals surface area contributed by atoms with Crippen LogP contribution >= 0.6 is 0 Å². The van der Waals surface area contributed by atoms with Crippen molar-refractivity contribution >= 4 is 21.5 Å². The summed E-state index contributed by atoms with van der Waals surface area (Å²) in [5.41, 5.74) is 2.48. The number of aryl methyl sites for hydroxylation is 2. The molecule has 10 heteroatoms. The molecule has 274 valence electrons. The second-order valence-electron chi connectivity index (χ2n) is 16.0. The summed E-state index contributed by atoms with van der Waals surface area (Å²) in [6, 6.07) is 19.0. The van der Waals surface area contributed by atoms with Crippen LogP contribution < -0.4 is 22.2 Å². The zero-order chi connectivity index (χ0) is 36.6. The molecule has 7 rings (SSSR count). The molecule has 3 aromatic carbocycles. The average Bonchev–Trinajstić information content (AvgIpc) is 3.50. The first kappa shape index (κ1) is 36.2. The van der Waals surface area contributed by atoms with Crippen molar-refractivity contribution < 1.29 is 18.9 Å². The third-order valence-corrected chi connectivity index (χ3v) is 10.3. The molecule has 2 aliphatic heterocycles. The van der Waals surface area contributed by atoms with Crippen LogP contribution in [0.2, 0.25) is 0 Å². The van der Waals surface area contributed by atoms with E-state index in [0.29, 0.717) is 39.3 Å². The summed E-state index contributed by atoms with van der Waals surface area (Å²) in [4.78, 5) is 53.7. The Morgan fingerprint density at radius 1 is 0.519 bits per heavy atom. The lowest BCUT2D eigenvalue weighted by Gasteiger charge is -2.35. The molecule has 0 aliphatic carbocycles. The normalized spacial score (nSPS) is 18.1. The van der Waals surface area contributed by atoms with E-state index in [2.05, 4.69) is 39.8 Å². The third-order valence-electron chi connectivity index (χ3n) is 10.3. The molecule has 2 aliphatic rings. The fourth-order valence-corrected chi connectivity index (χ4v) is 7.38. The Morgan fingerprint density at radius 2 is 0.846 bits per heavy atom. The first-order valence-electron chi connectivity index (χ1n) is 18.4. The summed E-state index contributed by atoms with van der Waals surface area (Å²) in [6.07, 6.45) is 3.38. The highest BCUT2D eigenvalue weighted by Gasteiger charge is 2.31. The molecule has 0 amide bonds. The van der Waals surface area contributed by atoms with Crippen LogP contribution in [0.1, 0.15) is 88.2 Å². The largest absolute Gasteiger partial charge is 0.348 e. The predicted molar refractivity (Wildman–Crippen MR) is 200 cm³/mol. The molecule has 0 radical (unpaired) electrons. The fourth-order valence-electron chi connectivity index (χ4n) is 7.38. The standard InChI is InChI=1S/C42H48N2O8/c1-41(2)23-49-39(50-24-41)29-17-7-5-13-27(29)15-9-11-19-43-35(45)31-21-33-34(22-32(31)36(43)46)38(48)44(37(33)47)20-12-10-16-28-14-6-8-18-30(28)40-51-25-42(3,4)26-52-40/h5-8,13-14,17-18,21-22,39-40H,9-12,15-16,19-20,23-26H2,1-4H3. The summed E-state index contributed by atoms with van der Waals surface area (Å²) < 4.78 is 26.5. The lowest BCUT2D eigenvalue weighted by atomic mass is 9.94. The van der Waals surface area contributed by atoms with Gasteiger partial charge in [0.1, 0.15) is 0 Å². The van der Waals surface area contributed by atoms with E-state index in [-0.39, 0.29) is 45.5 Å². The first-order chi connectivity index (χ1) is 24.9. The van der Waals surface area contributed by atoms with Gasteiger partial charge in [0.05, 0.1) is 48.0 Å². The monoisotopic (exact) mass is 708 g/mol. The van der Waals surface area contributed by atoms with Crippen LogP contribution in [0.4, 0.5) is 0 Å². The van der Waals surface area contributed by atoms with Crippen molar-refractivity contribution in [3.8, 4) is 0 Å². The SMILES string of the molecule is CC1(C)COC(c2ccccc2CCCCn2c(=O)c3cc4c(=O)n(CCCCc5ccccc5C5OCC(C)(C)CO5)c(=O)c4cc3c2=O)OC1. The number of hydrogen-bond donors (Lipinski definition) is 0. The van der Waals surface area contributed by atoms with Crippen molar-refractivity contribution in [2.24, 2.45) is 10.8 Å². The molecule has 2 aromatic heterocycles. The van der Waals surface area contributed by atoms with Crippen molar-refractivity contribution in [1.82, 2.24) is 9.13 Å². The van der Waals surface area contributed by atoms with E-state index in [1.807, 2.05) is 36.4 Å². The van der Waals surface area contributed by atoms with Gasteiger partial charge in [0.15, 0.2) is 12.6 Å². The van der Waals surface area contributed by atoms with Crippen LogP contribution in [0.25, 0.3) is 21.5 Å². The number of hydrogen-bond acceptors (Lipinski definition) is 8. The van der Waals surface area contributed by atoms with E-state index in [0.717, 1.165) is 47.9 Å². The maximum atomic E-state index is 13.4. The van der Waals surface area contributed by atoms with Crippen LogP contribution in [0.15, 0.2) is 79.8 Å². The van der Waals surface area contributed by atoms with Gasteiger partial charge >= 0.3 is 0 Å². The summed E-state index contributed by atoms with van der Waals surface area (Å²) in [5, 5.41) is 0.718. The molecule has 10 nitrogen and oxygen atoms in total. The lowest BCUT2D eigenvalue weighted by Crippen LogP contribution is -2.34. The zero-order valence-corrected chi connectivity index (χ0v) is 30.6. The maximum Gasteiger partial charge on any atom is 0.261 e. The van der Waals surface area contributed by atoms with Gasteiger partial charge < -0.3 is 18.9 Å². The minimum atomic E-state index is -0.429. The molecular weight excluding hydrogens is 660 g/mol. The number of ether oxygens (including phenoxy) is 4. The van der Waals surface area contributed by atoms with Gasteiger partial charge in [-0.1, -0.05) is 76.2 Å². The summed E-state index contributed by atoms with van der Waals surface area (Å²) in [7, 11) is 0. The third kappa shape index (κ3) is 7.35. The molecule has 4 heterocycles. The van der Waals surface area contributed by atoms with Gasteiger partial charge in [-0.25, -0.2) is 0 Å². The molecule has 2 saturated heterocycles. The second-order valence-corrected chi connectivity index (χ2v) is 16.0. The molecular formula is C42H48N2O8. The van der Waals surface area contributed by atoms with E-state index in [9.17, 15) is 19.2 Å². The number of benzene rings is 3. The lowest BCUT2D eigenvalue weighted by molar-refractivity contribution is -0.226. The minimum Gasteiger partial charge on any atom is -0.348 e. The van der Waals surface area contributed by atoms with Crippen molar-refractivity contribution in [1.29, 1.82) is 0 Å². The van der Waals surface area contributed by atoms with E-state index < -0.39 is 34.8 Å². The second kappa shape index (κ2) is 14.7. The number of aromatic nitrogens is 2. The molecule has 0 atom stereocenters. The maximum absolute atomic E-state index is 13.4. The minimum absolute atomic E-state index is 0.0227. The average molecular weight is 709 g/mol. The van der Waals surface area contributed by atoms with E-state index in [1.54, 1.807) is 0 Å². The first-order valence-corrected chi connectivity index (χ1v) is 18.4. The molecule has 0 bridgehead atoms. The van der Waals surface area contributed by atoms with Gasteiger partial charge in [-0.15, -0.1) is 0 Å². The van der Waals surface area contributed by atoms with E-state index in [4.69, 9.17) is 18.9 Å². The molecule has 0 N–H and O–H groups in total. The van der Waals surface area contributed by atoms with Crippen molar-refractivity contribution in [3.63, 3.8) is 0 Å². The van der Waals surface area contributed by atoms with E-state index in [1.165, 1.54) is 21.3 Å². The Morgan fingerprint density at radius 3 is 1.19 bits per heavy atom. The van der Waals surface area contributed by atoms with Crippen molar-refractivity contribution in [2.45, 2.75) is 91.9 Å². The molecule has 0 unspecified atom stereocenters. The summed E-state index contributed by atoms with van der Waals surface area (Å²) in [5.74, 6) is 0. The Labute approximate surface area is 302 Å². The van der Waals surface area contributed by atoms with Gasteiger partial charge in [0.2, 0.25) is 0 Å². The summed E-state index contributed by atoms with van der Waals surface area (Å²) in [6.45, 7) is 11.4. The van der Waals surface area contributed by atoms with Gasteiger partial charge in [0.25, 0.3) is 22.2 Å². The smallest absolute Gasteiger partial charge is 0.261 e. The van der Waals surface area contributed by atoms with Crippen LogP contribution in [-0.2, 0) is 44.9 Å². The van der Waals surface area contributed by atoms with Gasteiger partial charge in [0, 0.05) is 35.0 Å². The number of nitrogens with zero attached hydrogens (tertiary/aromatic N) is 2. The predicted octanol–water partition coefficient (Wildman–Crippen LogP) is 6.10. The Balaban J connectivity index is 0.992. The van der Waals surface area contributed by atoms with Gasteiger partial charge in [-0.3, -0.25) is 28.3 Å². The quantitative estimate of drug-likeness (QED) is 0.143. The molecule has 5 aromatic rings. The van der Waals surface area contributed by atoms with Gasteiger partial charge in [-0.05, 0) is 61.8 Å². The van der Waals surface area contributed by atoms with Crippen LogP contribution in [-0.4, -0.2) is 35.6 Å². The molecule has 0 saturated carbocycles. The Kier molecular flexibility index (Phi) is 10.2. The highest BCUT2D eigenvalue weighted by atomic mass is 16.7. The highest BCUT2D eigenvalue weighted by Crippen LogP contribution is 2.34. The fraction of sp³-hybridized carbons (Fsp3) is 0.476. The number of unbranched alkanes of at least 4 members (excludes halogenated alkanes) is 2. The molecule has 0 spiro atoms. The molecule has 52 heavy (non-hydrogen) atoms. The highest BCUT2D eigenvalue weighted by molar-refractivity contribution is 5.97. The van der Waals surface area contributed by atoms with Gasteiger partial charge in [-0.2, -0.15) is 0 Å². The van der Waals surface area contributed by atoms with Crippen LogP contribution in [0, 0.1) is 10.8 Å². The van der Waals surface area contributed by atoms with Crippen LogP contribution in [0.3, 0.4) is 0 Å². The number of fused-ring (bicyclic) bond motifs is 2. The zero-order valence-electron chi connectivity index (χ0n) is 30.6. The summed E-state index contributed by atoms with van der Waals surface area (Å²) >= 11 is 0. The Bertz CT molecular complexity index is 2030. The topological polar surface area (TPSA) is 115 Å². The van der Waals surface area contributed by atoms with Crippen molar-refractivity contribution in [3.05, 3.63) is 124 Å². The van der Waals surface area contributed by atoms with E-state index >= 15 is 0 Å². The Hall–Kier alpha value is -4.22. The van der Waals surface area contributed by atoms with Crippen molar-refractivity contribution in [2.75, 3.05) is 26.4 Å². The van der Waals surface area contributed by atoms with Crippen LogP contribution in [0.5, 0.6) is 0 Å². The molecule has 2 fully saturated rings.